The predicted molar refractivity (Wildman–Crippen MR) is 124 cm³/mol. The molecule has 3 N–H and O–H groups in total. The Balaban J connectivity index is 1.24. The van der Waals surface area contributed by atoms with Gasteiger partial charge >= 0.3 is 12.1 Å². The summed E-state index contributed by atoms with van der Waals surface area (Å²) in [6, 6.07) is 15.9. The fourth-order valence-corrected chi connectivity index (χ4v) is 4.59. The first kappa shape index (κ1) is 22.8. The Morgan fingerprint density at radius 3 is 2.21 bits per heavy atom. The van der Waals surface area contributed by atoms with Crippen LogP contribution in [0.2, 0.25) is 0 Å². The van der Waals surface area contributed by atoms with E-state index in [9.17, 15) is 14.4 Å². The highest BCUT2D eigenvalue weighted by Gasteiger charge is 2.43. The maximum Gasteiger partial charge on any atom is 0.407 e. The Bertz CT molecular complexity index is 1000. The number of ether oxygens (including phenoxy) is 1. The molecule has 0 saturated heterocycles. The van der Waals surface area contributed by atoms with Crippen LogP contribution in [0.1, 0.15) is 43.7 Å². The van der Waals surface area contributed by atoms with Crippen molar-refractivity contribution in [3.8, 4) is 11.1 Å². The molecule has 7 nitrogen and oxygen atoms in total. The second kappa shape index (κ2) is 9.65. The van der Waals surface area contributed by atoms with Gasteiger partial charge in [-0.2, -0.15) is 0 Å². The van der Waals surface area contributed by atoms with Crippen molar-refractivity contribution >= 4 is 18.0 Å². The van der Waals surface area contributed by atoms with Crippen LogP contribution in [0.15, 0.2) is 48.5 Å². The van der Waals surface area contributed by atoms with E-state index in [-0.39, 0.29) is 42.6 Å². The monoisotopic (exact) mass is 450 g/mol. The van der Waals surface area contributed by atoms with Crippen LogP contribution in [0.25, 0.3) is 11.1 Å². The lowest BCUT2D eigenvalue weighted by atomic mass is 9.98. The Kier molecular flexibility index (Phi) is 6.67. The van der Waals surface area contributed by atoms with E-state index in [2.05, 4.69) is 34.9 Å². The van der Waals surface area contributed by atoms with Gasteiger partial charge in [-0.15, -0.1) is 0 Å². The first-order valence-corrected chi connectivity index (χ1v) is 11.5. The number of rotatable bonds is 9. The molecule has 2 aromatic carbocycles. The molecule has 4 rings (SSSR count). The van der Waals surface area contributed by atoms with Gasteiger partial charge in [0.05, 0.1) is 6.42 Å². The largest absolute Gasteiger partial charge is 0.481 e. The molecule has 1 fully saturated rings. The van der Waals surface area contributed by atoms with Gasteiger partial charge in [-0.25, -0.2) is 4.79 Å². The minimum Gasteiger partial charge on any atom is -0.481 e. The van der Waals surface area contributed by atoms with E-state index < -0.39 is 18.1 Å². The summed E-state index contributed by atoms with van der Waals surface area (Å²) in [5.74, 6) is -1.20. The summed E-state index contributed by atoms with van der Waals surface area (Å²) in [5, 5.41) is 14.6. The number of carboxylic acid groups (broad SMARTS) is 1. The average Bonchev–Trinajstić information content (AvgIpc) is 3.51. The summed E-state index contributed by atoms with van der Waals surface area (Å²) in [7, 11) is 0. The van der Waals surface area contributed by atoms with E-state index in [1.165, 1.54) is 11.1 Å². The molecule has 2 aliphatic rings. The molecule has 2 amide bonds. The summed E-state index contributed by atoms with van der Waals surface area (Å²) in [6.45, 7) is 4.38. The van der Waals surface area contributed by atoms with Crippen molar-refractivity contribution in [2.24, 2.45) is 17.8 Å². The van der Waals surface area contributed by atoms with E-state index in [1.807, 2.05) is 38.1 Å². The quantitative estimate of drug-likeness (QED) is 0.539. The lowest BCUT2D eigenvalue weighted by Gasteiger charge is -2.20. The van der Waals surface area contributed by atoms with Crippen molar-refractivity contribution in [1.29, 1.82) is 0 Å². The summed E-state index contributed by atoms with van der Waals surface area (Å²) in [4.78, 5) is 35.8. The second-order valence-corrected chi connectivity index (χ2v) is 9.27. The summed E-state index contributed by atoms with van der Waals surface area (Å²) < 4.78 is 5.54. The molecule has 7 heteroatoms. The highest BCUT2D eigenvalue weighted by molar-refractivity contribution is 5.83. The molecule has 0 aliphatic heterocycles. The summed E-state index contributed by atoms with van der Waals surface area (Å²) in [6.07, 6.45) is 0.0838. The molecule has 2 aliphatic carbocycles. The smallest absolute Gasteiger partial charge is 0.407 e. The number of carboxylic acids is 1. The number of alkyl carbamates (subject to hydrolysis) is 1. The standard InChI is InChI=1S/C26H30N2O5/c1-15(2)23(12-24(29)30)28-25(31)21-11-16(21)13-27-26(32)33-14-22-19-9-5-3-7-17(19)18-8-4-6-10-20(18)22/h3-10,15-16,21-23H,11-14H2,1-2H3,(H,27,32)(H,28,31)(H,29,30)/t16-,21-,23+/m1/s1. The van der Waals surface area contributed by atoms with Crippen molar-refractivity contribution in [3.05, 3.63) is 59.7 Å². The van der Waals surface area contributed by atoms with E-state index in [0.717, 1.165) is 11.1 Å². The number of aliphatic carboxylic acids is 1. The van der Waals surface area contributed by atoms with Crippen molar-refractivity contribution in [3.63, 3.8) is 0 Å². The molecule has 1 saturated carbocycles. The van der Waals surface area contributed by atoms with Gasteiger partial charge in [0.2, 0.25) is 5.91 Å². The minimum absolute atomic E-state index is 0.00445. The van der Waals surface area contributed by atoms with Crippen LogP contribution < -0.4 is 10.6 Å². The number of nitrogens with one attached hydrogen (secondary N) is 2. The molecule has 0 bridgehead atoms. The molecule has 174 valence electrons. The molecule has 0 unspecified atom stereocenters. The Morgan fingerprint density at radius 2 is 1.64 bits per heavy atom. The van der Waals surface area contributed by atoms with E-state index >= 15 is 0 Å². The maximum absolute atomic E-state index is 12.4. The highest BCUT2D eigenvalue weighted by Crippen LogP contribution is 2.44. The third-order valence-electron chi connectivity index (χ3n) is 6.64. The number of carbonyl (C=O) groups is 3. The van der Waals surface area contributed by atoms with Gasteiger partial charge in [0.1, 0.15) is 6.61 Å². The van der Waals surface area contributed by atoms with Crippen molar-refractivity contribution < 1.29 is 24.2 Å². The number of benzene rings is 2. The molecule has 3 atom stereocenters. The van der Waals surface area contributed by atoms with Crippen molar-refractivity contribution in [1.82, 2.24) is 10.6 Å². The lowest BCUT2D eigenvalue weighted by Crippen LogP contribution is -2.41. The zero-order valence-corrected chi connectivity index (χ0v) is 18.9. The molecule has 0 heterocycles. The summed E-state index contributed by atoms with van der Waals surface area (Å²) >= 11 is 0. The predicted octanol–water partition coefficient (Wildman–Crippen LogP) is 3.78. The van der Waals surface area contributed by atoms with Crippen LogP contribution in [0, 0.1) is 17.8 Å². The third-order valence-corrected chi connectivity index (χ3v) is 6.64. The van der Waals surface area contributed by atoms with Crippen LogP contribution in [-0.4, -0.2) is 42.3 Å². The van der Waals surface area contributed by atoms with Crippen LogP contribution in [0.3, 0.4) is 0 Å². The van der Waals surface area contributed by atoms with E-state index in [4.69, 9.17) is 9.84 Å². The normalized spacial score (nSPS) is 19.4. The Morgan fingerprint density at radius 1 is 1.03 bits per heavy atom. The Hall–Kier alpha value is -3.35. The Labute approximate surface area is 193 Å². The van der Waals surface area contributed by atoms with Crippen LogP contribution in [0.4, 0.5) is 4.79 Å². The van der Waals surface area contributed by atoms with Crippen LogP contribution in [0.5, 0.6) is 0 Å². The molecular weight excluding hydrogens is 420 g/mol. The lowest BCUT2D eigenvalue weighted by molar-refractivity contribution is -0.138. The van der Waals surface area contributed by atoms with Crippen molar-refractivity contribution in [2.45, 2.75) is 38.6 Å². The van der Waals surface area contributed by atoms with Crippen molar-refractivity contribution in [2.75, 3.05) is 13.2 Å². The average molecular weight is 451 g/mol. The number of carbonyl (C=O) groups excluding carboxylic acids is 2. The fraction of sp³-hybridized carbons (Fsp3) is 0.423. The van der Waals surface area contributed by atoms with Gasteiger partial charge in [-0.1, -0.05) is 62.4 Å². The maximum atomic E-state index is 12.4. The first-order chi connectivity index (χ1) is 15.8. The van der Waals surface area contributed by atoms with Crippen LogP contribution >= 0.6 is 0 Å². The minimum atomic E-state index is -0.932. The van der Waals surface area contributed by atoms with Crippen LogP contribution in [-0.2, 0) is 14.3 Å². The second-order valence-electron chi connectivity index (χ2n) is 9.27. The van der Waals surface area contributed by atoms with Gasteiger partial charge in [-0.3, -0.25) is 9.59 Å². The van der Waals surface area contributed by atoms with Gasteiger partial charge in [0.15, 0.2) is 0 Å². The highest BCUT2D eigenvalue weighted by atomic mass is 16.5. The number of hydrogen-bond donors (Lipinski definition) is 3. The fourth-order valence-electron chi connectivity index (χ4n) is 4.59. The third kappa shape index (κ3) is 5.18. The first-order valence-electron chi connectivity index (χ1n) is 11.5. The molecule has 33 heavy (non-hydrogen) atoms. The van der Waals surface area contributed by atoms with Gasteiger partial charge in [-0.05, 0) is 40.5 Å². The van der Waals surface area contributed by atoms with Gasteiger partial charge in [0.25, 0.3) is 0 Å². The number of hydrogen-bond acceptors (Lipinski definition) is 4. The number of fused-ring (bicyclic) bond motifs is 3. The SMILES string of the molecule is CC(C)[C@H](CC(=O)O)NC(=O)[C@@H]1C[C@@H]1CNC(=O)OCC1c2ccccc2-c2ccccc21. The molecule has 0 aromatic heterocycles. The molecule has 0 radical (unpaired) electrons. The summed E-state index contributed by atoms with van der Waals surface area (Å²) in [5.41, 5.74) is 4.67. The molecular formula is C26H30N2O5. The zero-order chi connectivity index (χ0) is 23.5. The van der Waals surface area contributed by atoms with E-state index in [0.29, 0.717) is 13.0 Å². The van der Waals surface area contributed by atoms with E-state index in [1.54, 1.807) is 0 Å². The molecule has 0 spiro atoms. The van der Waals surface area contributed by atoms with Gasteiger partial charge < -0.3 is 20.5 Å². The van der Waals surface area contributed by atoms with Gasteiger partial charge in [0, 0.05) is 24.4 Å². The zero-order valence-electron chi connectivity index (χ0n) is 18.9. The number of amides is 2. The molecule has 2 aromatic rings. The topological polar surface area (TPSA) is 105 Å².